The van der Waals surface area contributed by atoms with Crippen LogP contribution in [-0.2, 0) is 11.3 Å². The lowest BCUT2D eigenvalue weighted by molar-refractivity contribution is 0.0872. The van der Waals surface area contributed by atoms with Gasteiger partial charge in [0.05, 0.1) is 18.7 Å². The maximum absolute atomic E-state index is 14.0. The van der Waals surface area contributed by atoms with Crippen LogP contribution < -0.4 is 0 Å². The van der Waals surface area contributed by atoms with Crippen LogP contribution in [0.5, 0.6) is 0 Å². The van der Waals surface area contributed by atoms with Crippen molar-refractivity contribution < 1.29 is 23.4 Å². The molecule has 1 amide bonds. The van der Waals surface area contributed by atoms with Crippen molar-refractivity contribution in [1.29, 1.82) is 0 Å². The molecule has 2 atom stereocenters. The summed E-state index contributed by atoms with van der Waals surface area (Å²) in [6.45, 7) is 0.0961. The van der Waals surface area contributed by atoms with E-state index in [0.29, 0.717) is 0 Å². The molecule has 0 saturated carbocycles. The number of rotatable bonds is 3. The van der Waals surface area contributed by atoms with Crippen LogP contribution in [0.15, 0.2) is 48.5 Å². The second-order valence-corrected chi connectivity index (χ2v) is 5.76. The summed E-state index contributed by atoms with van der Waals surface area (Å²) in [6, 6.07) is 11.5. The topological polar surface area (TPSA) is 49.8 Å². The predicted octanol–water partition coefficient (Wildman–Crippen LogP) is 3.41. The number of halogens is 2. The van der Waals surface area contributed by atoms with Gasteiger partial charge in [-0.1, -0.05) is 30.3 Å². The molecule has 3 rings (SSSR count). The van der Waals surface area contributed by atoms with E-state index in [2.05, 4.69) is 0 Å². The fourth-order valence-electron chi connectivity index (χ4n) is 2.88. The van der Waals surface area contributed by atoms with Crippen molar-refractivity contribution in [1.82, 2.24) is 4.90 Å². The third-order valence-electron chi connectivity index (χ3n) is 4.04. The number of nitrogens with zero attached hydrogens (tertiary/aromatic N) is 1. The number of β-amino-alcohol motifs (C(OH)–C–C–N with tert-alkyl or cyclic N) is 1. The monoisotopic (exact) mass is 333 g/mol. The summed E-state index contributed by atoms with van der Waals surface area (Å²) in [7, 11) is 0. The van der Waals surface area contributed by atoms with Gasteiger partial charge in [0.1, 0.15) is 18.2 Å². The second kappa shape index (κ2) is 6.97. The molecule has 2 aromatic carbocycles. The molecule has 6 heteroatoms. The van der Waals surface area contributed by atoms with E-state index in [1.807, 2.05) is 30.3 Å². The molecule has 0 spiro atoms. The van der Waals surface area contributed by atoms with Crippen LogP contribution in [0, 0.1) is 11.6 Å². The quantitative estimate of drug-likeness (QED) is 0.936. The molecule has 24 heavy (non-hydrogen) atoms. The predicted molar refractivity (Wildman–Crippen MR) is 83.1 cm³/mol. The Morgan fingerprint density at radius 3 is 2.71 bits per heavy atom. The Hall–Kier alpha value is -2.47. The van der Waals surface area contributed by atoms with E-state index >= 15 is 0 Å². The number of carbonyl (C=O) groups is 1. The Bertz CT molecular complexity index is 723. The first-order valence-electron chi connectivity index (χ1n) is 7.65. The number of hydrogen-bond acceptors (Lipinski definition) is 3. The van der Waals surface area contributed by atoms with E-state index in [9.17, 15) is 18.7 Å². The average Bonchev–Trinajstić information content (AvgIpc) is 2.97. The van der Waals surface area contributed by atoms with Gasteiger partial charge in [-0.3, -0.25) is 4.90 Å². The summed E-state index contributed by atoms with van der Waals surface area (Å²) in [5.41, 5.74) is 0.863. The molecular formula is C18H17F2NO3. The first-order chi connectivity index (χ1) is 11.5. The summed E-state index contributed by atoms with van der Waals surface area (Å²) in [4.78, 5) is 13.6. The van der Waals surface area contributed by atoms with Crippen LogP contribution in [0.25, 0.3) is 0 Å². The molecule has 1 aliphatic rings. The Morgan fingerprint density at radius 2 is 1.96 bits per heavy atom. The summed E-state index contributed by atoms with van der Waals surface area (Å²) in [5, 5.41) is 9.86. The number of aliphatic hydroxyl groups is 1. The summed E-state index contributed by atoms with van der Waals surface area (Å²) < 4.78 is 32.7. The van der Waals surface area contributed by atoms with E-state index in [-0.39, 0.29) is 25.1 Å². The van der Waals surface area contributed by atoms with Gasteiger partial charge in [0.15, 0.2) is 0 Å². The standard InChI is InChI=1S/C18H17F2NO3/c19-13-6-7-16(20)15(8-13)17-9-14(22)10-21(17)18(23)24-11-12-4-2-1-3-5-12/h1-8,14,17,22H,9-11H2. The number of aliphatic hydroxyl groups excluding tert-OH is 1. The van der Waals surface area contributed by atoms with Crippen molar-refractivity contribution in [2.75, 3.05) is 6.54 Å². The normalized spacial score (nSPS) is 20.2. The number of likely N-dealkylation sites (tertiary alicyclic amines) is 1. The number of hydrogen-bond donors (Lipinski definition) is 1. The number of benzene rings is 2. The third-order valence-corrected chi connectivity index (χ3v) is 4.04. The molecule has 4 nitrogen and oxygen atoms in total. The van der Waals surface area contributed by atoms with E-state index in [4.69, 9.17) is 4.74 Å². The lowest BCUT2D eigenvalue weighted by Gasteiger charge is -2.24. The highest BCUT2D eigenvalue weighted by Gasteiger charge is 2.37. The van der Waals surface area contributed by atoms with Gasteiger partial charge in [-0.15, -0.1) is 0 Å². The lowest BCUT2D eigenvalue weighted by Crippen LogP contribution is -2.32. The minimum Gasteiger partial charge on any atom is -0.445 e. The van der Waals surface area contributed by atoms with Crippen LogP contribution in [0.2, 0.25) is 0 Å². The smallest absolute Gasteiger partial charge is 0.410 e. The maximum Gasteiger partial charge on any atom is 0.410 e. The molecule has 1 aliphatic heterocycles. The summed E-state index contributed by atoms with van der Waals surface area (Å²) >= 11 is 0. The Labute approximate surface area is 138 Å². The van der Waals surface area contributed by atoms with Crippen LogP contribution in [-0.4, -0.2) is 28.7 Å². The third kappa shape index (κ3) is 3.54. The molecule has 126 valence electrons. The van der Waals surface area contributed by atoms with Crippen molar-refractivity contribution in [3.63, 3.8) is 0 Å². The molecule has 0 aromatic heterocycles. The average molecular weight is 333 g/mol. The van der Waals surface area contributed by atoms with E-state index in [1.54, 1.807) is 0 Å². The highest BCUT2D eigenvalue weighted by Crippen LogP contribution is 2.34. The molecule has 0 bridgehead atoms. The summed E-state index contributed by atoms with van der Waals surface area (Å²) in [6.07, 6.45) is -1.33. The van der Waals surface area contributed by atoms with E-state index in [1.165, 1.54) is 4.90 Å². The number of carbonyl (C=O) groups excluding carboxylic acids is 1. The van der Waals surface area contributed by atoms with Crippen molar-refractivity contribution >= 4 is 6.09 Å². The minimum atomic E-state index is -0.804. The van der Waals surface area contributed by atoms with Crippen molar-refractivity contribution in [3.05, 3.63) is 71.3 Å². The second-order valence-electron chi connectivity index (χ2n) is 5.76. The zero-order chi connectivity index (χ0) is 17.1. The van der Waals surface area contributed by atoms with Gasteiger partial charge in [-0.05, 0) is 30.2 Å². The molecule has 1 fully saturated rings. The first kappa shape index (κ1) is 16.4. The SMILES string of the molecule is O=C(OCc1ccccc1)N1CC(O)CC1c1cc(F)ccc1F. The van der Waals surface area contributed by atoms with Gasteiger partial charge in [0, 0.05) is 5.56 Å². The van der Waals surface area contributed by atoms with E-state index < -0.39 is 29.9 Å². The van der Waals surface area contributed by atoms with Gasteiger partial charge < -0.3 is 9.84 Å². The lowest BCUT2D eigenvalue weighted by atomic mass is 10.0. The molecular weight excluding hydrogens is 316 g/mol. The number of ether oxygens (including phenoxy) is 1. The molecule has 2 unspecified atom stereocenters. The van der Waals surface area contributed by atoms with Gasteiger partial charge >= 0.3 is 6.09 Å². The number of amides is 1. The molecule has 1 saturated heterocycles. The fraction of sp³-hybridized carbons (Fsp3) is 0.278. The first-order valence-corrected chi connectivity index (χ1v) is 7.65. The van der Waals surface area contributed by atoms with E-state index in [0.717, 1.165) is 23.8 Å². The summed E-state index contributed by atoms with van der Waals surface area (Å²) in [5.74, 6) is -1.21. The maximum atomic E-state index is 14.0. The van der Waals surface area contributed by atoms with Crippen molar-refractivity contribution in [2.45, 2.75) is 25.2 Å². The minimum absolute atomic E-state index is 0.0221. The van der Waals surface area contributed by atoms with Crippen molar-refractivity contribution in [2.24, 2.45) is 0 Å². The van der Waals surface area contributed by atoms with Crippen LogP contribution in [0.1, 0.15) is 23.6 Å². The molecule has 2 aromatic rings. The molecule has 1 heterocycles. The van der Waals surface area contributed by atoms with Crippen LogP contribution in [0.4, 0.5) is 13.6 Å². The Kier molecular flexibility index (Phi) is 4.76. The van der Waals surface area contributed by atoms with Gasteiger partial charge in [0.25, 0.3) is 0 Å². The fourth-order valence-corrected chi connectivity index (χ4v) is 2.88. The highest BCUT2D eigenvalue weighted by atomic mass is 19.1. The van der Waals surface area contributed by atoms with Gasteiger partial charge in [-0.25, -0.2) is 13.6 Å². The molecule has 0 radical (unpaired) electrons. The van der Waals surface area contributed by atoms with Crippen LogP contribution in [0.3, 0.4) is 0 Å². The zero-order valence-electron chi connectivity index (χ0n) is 12.9. The Balaban J connectivity index is 1.75. The van der Waals surface area contributed by atoms with Gasteiger partial charge in [-0.2, -0.15) is 0 Å². The Morgan fingerprint density at radius 1 is 1.21 bits per heavy atom. The van der Waals surface area contributed by atoms with Crippen molar-refractivity contribution in [3.8, 4) is 0 Å². The van der Waals surface area contributed by atoms with Gasteiger partial charge in [0.2, 0.25) is 0 Å². The molecule has 1 N–H and O–H groups in total. The highest BCUT2D eigenvalue weighted by molar-refractivity contribution is 5.69. The molecule has 0 aliphatic carbocycles. The zero-order valence-corrected chi connectivity index (χ0v) is 12.9. The van der Waals surface area contributed by atoms with Crippen LogP contribution >= 0.6 is 0 Å². The largest absolute Gasteiger partial charge is 0.445 e.